The highest BCUT2D eigenvalue weighted by atomic mass is 32.1. The molecular weight excluding hydrogens is 220 g/mol. The van der Waals surface area contributed by atoms with Crippen LogP contribution in [0.4, 0.5) is 0 Å². The average molecular weight is 236 g/mol. The Balaban J connectivity index is 3.07. The fraction of sp³-hybridized carbons (Fsp3) is 0.333. The molecule has 16 heavy (non-hydrogen) atoms. The molecule has 0 saturated heterocycles. The van der Waals surface area contributed by atoms with Crippen LogP contribution in [0.2, 0.25) is 0 Å². The van der Waals surface area contributed by atoms with Gasteiger partial charge in [-0.2, -0.15) is 0 Å². The average Bonchev–Trinajstić information content (AvgIpc) is 2.16. The van der Waals surface area contributed by atoms with Gasteiger partial charge in [-0.25, -0.2) is 0 Å². The van der Waals surface area contributed by atoms with Crippen molar-refractivity contribution in [3.05, 3.63) is 35.9 Å². The Morgan fingerprint density at radius 2 is 1.75 bits per heavy atom. The number of carbonyl (C=O) groups is 1. The molecule has 1 rings (SSSR count). The molecule has 0 spiro atoms. The van der Waals surface area contributed by atoms with Gasteiger partial charge in [-0.05, 0) is 45.1 Å². The largest absolute Gasteiger partial charge is 0.376 e. The van der Waals surface area contributed by atoms with Crippen molar-refractivity contribution in [2.45, 2.75) is 26.3 Å². The standard InChI is InChI=1S/C12H16N2OS/c1-12(2,3)14(11(13)16)10(15)9-7-5-4-6-8-9/h4-8H,1-3H3,(H2,13,16). The van der Waals surface area contributed by atoms with Gasteiger partial charge in [0.25, 0.3) is 5.91 Å². The number of rotatable bonds is 1. The molecule has 0 aromatic heterocycles. The number of hydrogen-bond acceptors (Lipinski definition) is 2. The van der Waals surface area contributed by atoms with Crippen LogP contribution >= 0.6 is 12.2 Å². The predicted octanol–water partition coefficient (Wildman–Crippen LogP) is 2.17. The highest BCUT2D eigenvalue weighted by Crippen LogP contribution is 2.16. The van der Waals surface area contributed by atoms with Gasteiger partial charge < -0.3 is 5.73 Å². The quantitative estimate of drug-likeness (QED) is 0.760. The van der Waals surface area contributed by atoms with E-state index in [1.54, 1.807) is 12.1 Å². The van der Waals surface area contributed by atoms with E-state index in [-0.39, 0.29) is 11.0 Å². The summed E-state index contributed by atoms with van der Waals surface area (Å²) in [7, 11) is 0. The van der Waals surface area contributed by atoms with Crippen LogP contribution in [0, 0.1) is 0 Å². The molecule has 1 amide bonds. The predicted molar refractivity (Wildman–Crippen MR) is 69.1 cm³/mol. The third-order valence-electron chi connectivity index (χ3n) is 2.12. The summed E-state index contributed by atoms with van der Waals surface area (Å²) >= 11 is 4.92. The van der Waals surface area contributed by atoms with Crippen molar-refractivity contribution in [1.82, 2.24) is 4.90 Å². The van der Waals surface area contributed by atoms with Gasteiger partial charge in [0.15, 0.2) is 5.11 Å². The summed E-state index contributed by atoms with van der Waals surface area (Å²) in [6.45, 7) is 5.69. The highest BCUT2D eigenvalue weighted by molar-refractivity contribution is 7.80. The fourth-order valence-corrected chi connectivity index (χ4v) is 1.80. The molecule has 0 heterocycles. The Kier molecular flexibility index (Phi) is 3.65. The molecule has 0 aliphatic heterocycles. The van der Waals surface area contributed by atoms with Gasteiger partial charge in [0, 0.05) is 11.1 Å². The SMILES string of the molecule is CC(C)(C)N(C(=O)c1ccccc1)C(N)=S. The Labute approximate surface area is 101 Å². The maximum atomic E-state index is 12.2. The minimum atomic E-state index is -0.418. The zero-order valence-corrected chi connectivity index (χ0v) is 10.5. The van der Waals surface area contributed by atoms with Crippen LogP contribution in [-0.4, -0.2) is 21.5 Å². The number of amides is 1. The first kappa shape index (κ1) is 12.6. The van der Waals surface area contributed by atoms with Gasteiger partial charge >= 0.3 is 0 Å². The van der Waals surface area contributed by atoms with E-state index in [1.165, 1.54) is 4.90 Å². The number of nitrogens with two attached hydrogens (primary N) is 1. The lowest BCUT2D eigenvalue weighted by Gasteiger charge is -2.34. The van der Waals surface area contributed by atoms with Crippen molar-refractivity contribution < 1.29 is 4.79 Å². The molecule has 1 aromatic carbocycles. The second kappa shape index (κ2) is 4.61. The molecule has 2 N–H and O–H groups in total. The lowest BCUT2D eigenvalue weighted by atomic mass is 10.0. The highest BCUT2D eigenvalue weighted by Gasteiger charge is 2.29. The number of thiocarbonyl (C=S) groups is 1. The molecule has 0 aliphatic rings. The molecule has 0 unspecified atom stereocenters. The van der Waals surface area contributed by atoms with Crippen molar-refractivity contribution in [2.75, 3.05) is 0 Å². The third-order valence-corrected chi connectivity index (χ3v) is 2.30. The summed E-state index contributed by atoms with van der Waals surface area (Å²) < 4.78 is 0. The van der Waals surface area contributed by atoms with Crippen LogP contribution in [0.25, 0.3) is 0 Å². The Hall–Kier alpha value is -1.42. The summed E-state index contributed by atoms with van der Waals surface area (Å²) in [5.74, 6) is -0.166. The first-order chi connectivity index (χ1) is 7.34. The molecule has 0 atom stereocenters. The zero-order valence-electron chi connectivity index (χ0n) is 9.73. The molecule has 0 radical (unpaired) electrons. The third kappa shape index (κ3) is 2.79. The molecule has 86 valence electrons. The smallest absolute Gasteiger partial charge is 0.260 e. The van der Waals surface area contributed by atoms with E-state index < -0.39 is 5.54 Å². The van der Waals surface area contributed by atoms with E-state index in [4.69, 9.17) is 18.0 Å². The zero-order chi connectivity index (χ0) is 12.3. The number of carbonyl (C=O) groups excluding carboxylic acids is 1. The van der Waals surface area contributed by atoms with Crippen LogP contribution in [0.5, 0.6) is 0 Å². The molecule has 3 nitrogen and oxygen atoms in total. The number of nitrogens with zero attached hydrogens (tertiary/aromatic N) is 1. The van der Waals surface area contributed by atoms with Crippen molar-refractivity contribution in [3.8, 4) is 0 Å². The van der Waals surface area contributed by atoms with Crippen LogP contribution in [0.3, 0.4) is 0 Å². The van der Waals surface area contributed by atoms with E-state index in [2.05, 4.69) is 0 Å². The summed E-state index contributed by atoms with van der Waals surface area (Å²) in [6.07, 6.45) is 0. The van der Waals surface area contributed by atoms with Gasteiger partial charge in [0.1, 0.15) is 0 Å². The van der Waals surface area contributed by atoms with Crippen molar-refractivity contribution in [3.63, 3.8) is 0 Å². The molecule has 0 aliphatic carbocycles. The maximum absolute atomic E-state index is 12.2. The number of hydrogen-bond donors (Lipinski definition) is 1. The van der Waals surface area contributed by atoms with Crippen molar-refractivity contribution in [1.29, 1.82) is 0 Å². The topological polar surface area (TPSA) is 46.3 Å². The van der Waals surface area contributed by atoms with Crippen molar-refractivity contribution >= 4 is 23.2 Å². The molecule has 4 heteroatoms. The first-order valence-corrected chi connectivity index (χ1v) is 5.44. The Morgan fingerprint density at radius 3 is 2.12 bits per heavy atom. The van der Waals surface area contributed by atoms with E-state index >= 15 is 0 Å². The first-order valence-electron chi connectivity index (χ1n) is 5.03. The Morgan fingerprint density at radius 1 is 1.25 bits per heavy atom. The van der Waals surface area contributed by atoms with Gasteiger partial charge in [0.05, 0.1) is 0 Å². The minimum absolute atomic E-state index is 0.0985. The summed E-state index contributed by atoms with van der Waals surface area (Å²) in [6, 6.07) is 8.99. The lowest BCUT2D eigenvalue weighted by Crippen LogP contribution is -2.51. The second-order valence-corrected chi connectivity index (χ2v) is 4.93. The van der Waals surface area contributed by atoms with Crippen LogP contribution < -0.4 is 5.73 Å². The van der Waals surface area contributed by atoms with Gasteiger partial charge in [-0.15, -0.1) is 0 Å². The van der Waals surface area contributed by atoms with Crippen LogP contribution in [0.15, 0.2) is 30.3 Å². The van der Waals surface area contributed by atoms with Crippen LogP contribution in [-0.2, 0) is 0 Å². The second-order valence-electron chi connectivity index (χ2n) is 4.52. The molecule has 0 fully saturated rings. The normalized spacial score (nSPS) is 10.9. The minimum Gasteiger partial charge on any atom is -0.376 e. The van der Waals surface area contributed by atoms with Gasteiger partial charge in [-0.1, -0.05) is 18.2 Å². The summed E-state index contributed by atoms with van der Waals surface area (Å²) in [5.41, 5.74) is 5.77. The Bertz CT molecular complexity index is 395. The lowest BCUT2D eigenvalue weighted by molar-refractivity contribution is 0.0751. The summed E-state index contributed by atoms with van der Waals surface area (Å²) in [5, 5.41) is 0.0985. The summed E-state index contributed by atoms with van der Waals surface area (Å²) in [4.78, 5) is 13.6. The van der Waals surface area contributed by atoms with E-state index in [9.17, 15) is 4.79 Å². The molecule has 1 aromatic rings. The van der Waals surface area contributed by atoms with Crippen molar-refractivity contribution in [2.24, 2.45) is 5.73 Å². The van der Waals surface area contributed by atoms with E-state index in [0.29, 0.717) is 5.56 Å². The maximum Gasteiger partial charge on any atom is 0.260 e. The number of benzene rings is 1. The molecule has 0 saturated carbocycles. The molecular formula is C12H16N2OS. The monoisotopic (exact) mass is 236 g/mol. The van der Waals surface area contributed by atoms with E-state index in [1.807, 2.05) is 39.0 Å². The fourth-order valence-electron chi connectivity index (χ4n) is 1.45. The van der Waals surface area contributed by atoms with Gasteiger partial charge in [0.2, 0.25) is 0 Å². The molecule has 0 bridgehead atoms. The van der Waals surface area contributed by atoms with Gasteiger partial charge in [-0.3, -0.25) is 9.69 Å². The van der Waals surface area contributed by atoms with Crippen LogP contribution in [0.1, 0.15) is 31.1 Å². The van der Waals surface area contributed by atoms with E-state index in [0.717, 1.165) is 0 Å².